The van der Waals surface area contributed by atoms with Gasteiger partial charge in [-0.2, -0.15) is 0 Å². The number of rotatable bonds is 2. The summed E-state index contributed by atoms with van der Waals surface area (Å²) in [5.41, 5.74) is -0.716. The zero-order valence-corrected chi connectivity index (χ0v) is 4.76. The topological polar surface area (TPSA) is 66.4 Å². The Kier molecular flexibility index (Phi) is 1.16. The monoisotopic (exact) mass is 129 g/mol. The first-order valence-electron chi connectivity index (χ1n) is 2.66. The molecule has 9 heavy (non-hydrogen) atoms. The molecule has 0 bridgehead atoms. The van der Waals surface area contributed by atoms with E-state index in [-0.39, 0.29) is 0 Å². The Bertz CT molecular complexity index is 150. The highest BCUT2D eigenvalue weighted by Crippen LogP contribution is 2.32. The molecule has 0 aromatic heterocycles. The van der Waals surface area contributed by atoms with Gasteiger partial charge in [-0.25, -0.2) is 4.79 Å². The van der Waals surface area contributed by atoms with Crippen molar-refractivity contribution in [3.05, 3.63) is 0 Å². The Balaban J connectivity index is 2.42. The van der Waals surface area contributed by atoms with Crippen LogP contribution in [-0.4, -0.2) is 23.0 Å². The minimum atomic E-state index is -1.13. The lowest BCUT2D eigenvalue weighted by molar-refractivity contribution is -0.110. The van der Waals surface area contributed by atoms with Gasteiger partial charge in [0.15, 0.2) is 0 Å². The normalized spacial score (nSPS) is 20.4. The molecule has 1 aliphatic carbocycles. The van der Waals surface area contributed by atoms with Crippen molar-refractivity contribution in [2.75, 3.05) is 0 Å². The van der Waals surface area contributed by atoms with Crippen LogP contribution in [0, 0.1) is 0 Å². The number of carbonyl (C=O) groups excluding carboxylic acids is 1. The zero-order valence-electron chi connectivity index (χ0n) is 4.76. The van der Waals surface area contributed by atoms with E-state index in [4.69, 9.17) is 5.11 Å². The summed E-state index contributed by atoms with van der Waals surface area (Å²) in [4.78, 5) is 20.0. The second-order valence-electron chi connectivity index (χ2n) is 2.20. The molecule has 1 amide bonds. The Morgan fingerprint density at radius 2 is 2.22 bits per heavy atom. The Morgan fingerprint density at radius 1 is 1.67 bits per heavy atom. The van der Waals surface area contributed by atoms with Gasteiger partial charge < -0.3 is 15.2 Å². The van der Waals surface area contributed by atoms with E-state index in [1.54, 1.807) is 0 Å². The van der Waals surface area contributed by atoms with Crippen LogP contribution in [0.5, 0.6) is 0 Å². The van der Waals surface area contributed by atoms with Crippen molar-refractivity contribution in [1.82, 2.24) is 5.32 Å². The summed E-state index contributed by atoms with van der Waals surface area (Å²) in [6, 6.07) is 0. The summed E-state index contributed by atoms with van der Waals surface area (Å²) in [5, 5.41) is 10.3. The third-order valence-electron chi connectivity index (χ3n) is 1.37. The highest BCUT2D eigenvalue weighted by Gasteiger charge is 2.44. The lowest BCUT2D eigenvalue weighted by Crippen LogP contribution is -2.36. The molecule has 1 rings (SSSR count). The van der Waals surface area contributed by atoms with Crippen molar-refractivity contribution >= 4 is 12.4 Å². The summed E-state index contributed by atoms with van der Waals surface area (Å²) in [6.45, 7) is 0. The van der Waals surface area contributed by atoms with Crippen LogP contribution < -0.4 is 5.32 Å². The van der Waals surface area contributed by atoms with E-state index in [9.17, 15) is 9.59 Å². The number of nitrogens with one attached hydrogen (secondary N) is 1. The van der Waals surface area contributed by atoms with Crippen molar-refractivity contribution in [2.24, 2.45) is 0 Å². The number of carboxylic acid groups (broad SMARTS) is 1. The maximum absolute atomic E-state index is 10.1. The fourth-order valence-corrected chi connectivity index (χ4v) is 0.620. The van der Waals surface area contributed by atoms with Crippen LogP contribution in [0.1, 0.15) is 12.8 Å². The van der Waals surface area contributed by atoms with E-state index in [0.29, 0.717) is 19.1 Å². The molecule has 1 fully saturated rings. The zero-order chi connectivity index (χ0) is 6.91. The molecule has 0 heterocycles. The average Bonchev–Trinajstić information content (AvgIpc) is 2.48. The summed E-state index contributed by atoms with van der Waals surface area (Å²) in [6.07, 6.45) is 0.812. The van der Waals surface area contributed by atoms with Crippen LogP contribution in [0.4, 0.5) is 4.79 Å². The van der Waals surface area contributed by atoms with E-state index in [0.717, 1.165) is 0 Å². The van der Waals surface area contributed by atoms with E-state index < -0.39 is 11.6 Å². The molecule has 0 unspecified atom stereocenters. The van der Waals surface area contributed by atoms with Gasteiger partial charge in [-0.15, -0.1) is 0 Å². The molecule has 0 spiro atoms. The standard InChI is InChI=1S/C5H7NO3/c7-3-5(1-2-5)6-4(8)9/h3,6H,1-2H2,(H,8,9). The molecule has 4 nitrogen and oxygen atoms in total. The maximum atomic E-state index is 10.1. The fraction of sp³-hybridized carbons (Fsp3) is 0.600. The van der Waals surface area contributed by atoms with E-state index in [1.165, 1.54) is 0 Å². The highest BCUT2D eigenvalue weighted by atomic mass is 16.4. The van der Waals surface area contributed by atoms with Crippen molar-refractivity contribution in [2.45, 2.75) is 18.4 Å². The molecule has 0 aliphatic heterocycles. The number of hydrogen-bond acceptors (Lipinski definition) is 2. The van der Waals surface area contributed by atoms with Gasteiger partial charge in [-0.05, 0) is 12.8 Å². The summed E-state index contributed by atoms with van der Waals surface area (Å²) in [5.74, 6) is 0. The molecule has 50 valence electrons. The van der Waals surface area contributed by atoms with E-state index in [2.05, 4.69) is 5.32 Å². The third kappa shape index (κ3) is 1.19. The lowest BCUT2D eigenvalue weighted by atomic mass is 10.3. The molecular formula is C5H7NO3. The summed E-state index contributed by atoms with van der Waals surface area (Å²) < 4.78 is 0. The van der Waals surface area contributed by atoms with Crippen LogP contribution in [0.15, 0.2) is 0 Å². The van der Waals surface area contributed by atoms with Crippen molar-refractivity contribution in [3.8, 4) is 0 Å². The van der Waals surface area contributed by atoms with Gasteiger partial charge in [-0.1, -0.05) is 0 Å². The SMILES string of the molecule is O=CC1(NC(=O)O)CC1. The van der Waals surface area contributed by atoms with Crippen LogP contribution >= 0.6 is 0 Å². The first kappa shape index (κ1) is 6.07. The predicted octanol–water partition coefficient (Wildman–Crippen LogP) is -0.0145. The molecule has 0 aromatic rings. The van der Waals surface area contributed by atoms with Gasteiger partial charge >= 0.3 is 6.09 Å². The molecule has 0 radical (unpaired) electrons. The van der Waals surface area contributed by atoms with Gasteiger partial charge in [-0.3, -0.25) is 0 Å². The lowest BCUT2D eigenvalue weighted by Gasteiger charge is -2.03. The molecule has 0 saturated heterocycles. The number of amides is 1. The van der Waals surface area contributed by atoms with Crippen LogP contribution in [-0.2, 0) is 4.79 Å². The molecular weight excluding hydrogens is 122 g/mol. The molecule has 4 heteroatoms. The minimum Gasteiger partial charge on any atom is -0.465 e. The van der Waals surface area contributed by atoms with E-state index in [1.807, 2.05) is 0 Å². The largest absolute Gasteiger partial charge is 0.465 e. The van der Waals surface area contributed by atoms with Crippen LogP contribution in [0.2, 0.25) is 0 Å². The second-order valence-corrected chi connectivity index (χ2v) is 2.20. The Labute approximate surface area is 51.9 Å². The van der Waals surface area contributed by atoms with Gasteiger partial charge in [0.25, 0.3) is 0 Å². The first-order valence-corrected chi connectivity index (χ1v) is 2.66. The predicted molar refractivity (Wildman–Crippen MR) is 29.2 cm³/mol. The quantitative estimate of drug-likeness (QED) is 0.515. The van der Waals surface area contributed by atoms with Gasteiger partial charge in [0.05, 0.1) is 5.54 Å². The van der Waals surface area contributed by atoms with Crippen LogP contribution in [0.25, 0.3) is 0 Å². The third-order valence-corrected chi connectivity index (χ3v) is 1.37. The van der Waals surface area contributed by atoms with Crippen molar-refractivity contribution in [1.29, 1.82) is 0 Å². The van der Waals surface area contributed by atoms with Crippen molar-refractivity contribution in [3.63, 3.8) is 0 Å². The fourth-order valence-electron chi connectivity index (χ4n) is 0.620. The minimum absolute atomic E-state index is 0.642. The summed E-state index contributed by atoms with van der Waals surface area (Å²) >= 11 is 0. The molecule has 1 saturated carbocycles. The number of hydrogen-bond donors (Lipinski definition) is 2. The van der Waals surface area contributed by atoms with Gasteiger partial charge in [0, 0.05) is 0 Å². The van der Waals surface area contributed by atoms with E-state index >= 15 is 0 Å². The van der Waals surface area contributed by atoms with Gasteiger partial charge in [0.2, 0.25) is 0 Å². The molecule has 2 N–H and O–H groups in total. The highest BCUT2D eigenvalue weighted by molar-refractivity contribution is 5.77. The maximum Gasteiger partial charge on any atom is 0.405 e. The smallest absolute Gasteiger partial charge is 0.405 e. The summed E-state index contributed by atoms with van der Waals surface area (Å²) in [7, 11) is 0. The molecule has 0 atom stereocenters. The average molecular weight is 129 g/mol. The number of aldehydes is 1. The number of carbonyl (C=O) groups is 2. The molecule has 0 aromatic carbocycles. The van der Waals surface area contributed by atoms with Gasteiger partial charge in [0.1, 0.15) is 6.29 Å². The second kappa shape index (κ2) is 1.72. The molecule has 1 aliphatic rings. The van der Waals surface area contributed by atoms with Crippen molar-refractivity contribution < 1.29 is 14.7 Å². The van der Waals surface area contributed by atoms with Crippen LogP contribution in [0.3, 0.4) is 0 Å². The Hall–Kier alpha value is -1.06. The Morgan fingerprint density at radius 3 is 2.33 bits per heavy atom. The first-order chi connectivity index (χ1) is 4.18.